The van der Waals surface area contributed by atoms with Crippen molar-refractivity contribution in [1.29, 1.82) is 0 Å². The molecule has 0 aromatic carbocycles. The van der Waals surface area contributed by atoms with Gasteiger partial charge >= 0.3 is 12.1 Å². The first-order valence-electron chi connectivity index (χ1n) is 8.61. The molecule has 6 heteroatoms. The number of hydrogen-bond donors (Lipinski definition) is 2. The third-order valence-corrected chi connectivity index (χ3v) is 8.04. The number of carboxylic acid groups (broad SMARTS) is 1. The second-order valence-electron chi connectivity index (χ2n) is 8.50. The van der Waals surface area contributed by atoms with Crippen molar-refractivity contribution in [3.63, 3.8) is 0 Å². The van der Waals surface area contributed by atoms with Gasteiger partial charge in [0.15, 0.2) is 0 Å². The Hall–Kier alpha value is -1.04. The summed E-state index contributed by atoms with van der Waals surface area (Å²) in [5.41, 5.74) is -1.03. The Labute approximate surface area is 141 Å². The number of amides is 1. The van der Waals surface area contributed by atoms with E-state index in [0.717, 1.165) is 6.42 Å². The van der Waals surface area contributed by atoms with Gasteiger partial charge in [-0.1, -0.05) is 40.4 Å². The maximum absolute atomic E-state index is 12.3. The lowest BCUT2D eigenvalue weighted by atomic mass is 9.61. The molecule has 0 bridgehead atoms. The second-order valence-corrected chi connectivity index (χ2v) is 14.0. The number of carbonyl (C=O) groups excluding carboxylic acids is 1. The lowest BCUT2D eigenvalue weighted by Gasteiger charge is -2.46. The van der Waals surface area contributed by atoms with E-state index < -0.39 is 25.6 Å². The van der Waals surface area contributed by atoms with Gasteiger partial charge in [-0.2, -0.15) is 0 Å². The number of carbonyl (C=O) groups is 2. The van der Waals surface area contributed by atoms with Crippen LogP contribution < -0.4 is 5.32 Å². The van der Waals surface area contributed by atoms with E-state index in [1.54, 1.807) is 0 Å². The molecule has 1 rings (SSSR count). The molecular weight excluding hydrogens is 310 g/mol. The van der Waals surface area contributed by atoms with Crippen molar-refractivity contribution in [1.82, 2.24) is 5.32 Å². The first-order chi connectivity index (χ1) is 10.4. The molecule has 0 radical (unpaired) electrons. The van der Waals surface area contributed by atoms with Crippen LogP contribution in [0.15, 0.2) is 0 Å². The molecule has 0 aliphatic heterocycles. The Kier molecular flexibility index (Phi) is 6.30. The van der Waals surface area contributed by atoms with Gasteiger partial charge in [-0.25, -0.2) is 4.79 Å². The Balaban J connectivity index is 2.91. The van der Waals surface area contributed by atoms with E-state index in [2.05, 4.69) is 31.9 Å². The smallest absolute Gasteiger partial charge is 0.407 e. The van der Waals surface area contributed by atoms with Crippen LogP contribution in [0.4, 0.5) is 4.79 Å². The normalized spacial score (nSPS) is 29.9. The summed E-state index contributed by atoms with van der Waals surface area (Å²) >= 11 is 0. The lowest BCUT2D eigenvalue weighted by Crippen LogP contribution is -2.58. The first kappa shape index (κ1) is 20.0. The van der Waals surface area contributed by atoms with Crippen LogP contribution in [0.25, 0.3) is 0 Å². The summed E-state index contributed by atoms with van der Waals surface area (Å²) in [5.74, 6) is -0.520. The minimum absolute atomic E-state index is 0.0533. The van der Waals surface area contributed by atoms with Gasteiger partial charge in [-0.3, -0.25) is 4.79 Å². The van der Waals surface area contributed by atoms with Crippen LogP contribution in [0.3, 0.4) is 0 Å². The summed E-state index contributed by atoms with van der Waals surface area (Å²) in [4.78, 5) is 24.3. The number of rotatable bonds is 5. The van der Waals surface area contributed by atoms with E-state index in [0.29, 0.717) is 18.8 Å². The number of carboxylic acids is 1. The Morgan fingerprint density at radius 2 is 1.78 bits per heavy atom. The molecule has 0 saturated heterocycles. The third-order valence-electron chi connectivity index (χ3n) is 5.48. The predicted molar refractivity (Wildman–Crippen MR) is 94.1 cm³/mol. The van der Waals surface area contributed by atoms with Crippen molar-refractivity contribution in [2.24, 2.45) is 17.3 Å². The second kappa shape index (κ2) is 7.24. The fraction of sp³-hybridized carbons (Fsp3) is 0.882. The van der Waals surface area contributed by atoms with Crippen LogP contribution in [0.5, 0.6) is 0 Å². The molecule has 0 aromatic heterocycles. The van der Waals surface area contributed by atoms with E-state index in [1.807, 2.05) is 20.8 Å². The van der Waals surface area contributed by atoms with Gasteiger partial charge in [0, 0.05) is 6.04 Å². The molecule has 1 aliphatic rings. The highest BCUT2D eigenvalue weighted by atomic mass is 28.3. The highest BCUT2D eigenvalue weighted by Crippen LogP contribution is 2.45. The van der Waals surface area contributed by atoms with Crippen LogP contribution >= 0.6 is 0 Å². The third kappa shape index (κ3) is 4.49. The van der Waals surface area contributed by atoms with Crippen molar-refractivity contribution in [2.45, 2.75) is 78.4 Å². The average Bonchev–Trinajstić information content (AvgIpc) is 2.38. The van der Waals surface area contributed by atoms with E-state index in [9.17, 15) is 14.7 Å². The van der Waals surface area contributed by atoms with Crippen LogP contribution in [-0.4, -0.2) is 37.0 Å². The summed E-state index contributed by atoms with van der Waals surface area (Å²) < 4.78 is 5.52. The summed E-state index contributed by atoms with van der Waals surface area (Å²) in [7, 11) is -1.58. The van der Waals surface area contributed by atoms with Gasteiger partial charge in [0.25, 0.3) is 0 Å². The molecule has 0 spiro atoms. The molecule has 23 heavy (non-hydrogen) atoms. The monoisotopic (exact) mass is 343 g/mol. The Morgan fingerprint density at radius 1 is 1.22 bits per heavy atom. The summed E-state index contributed by atoms with van der Waals surface area (Å²) in [6.07, 6.45) is 1.72. The minimum Gasteiger partial charge on any atom is -0.481 e. The maximum atomic E-state index is 12.3. The summed E-state index contributed by atoms with van der Waals surface area (Å²) in [5, 5.41) is 12.8. The van der Waals surface area contributed by atoms with Gasteiger partial charge in [-0.05, 0) is 38.0 Å². The van der Waals surface area contributed by atoms with Gasteiger partial charge in [0.05, 0.1) is 19.2 Å². The Morgan fingerprint density at radius 3 is 2.22 bits per heavy atom. The topological polar surface area (TPSA) is 75.6 Å². The van der Waals surface area contributed by atoms with Crippen molar-refractivity contribution in [3.8, 4) is 0 Å². The number of nitrogens with one attached hydrogen (secondary N) is 1. The molecule has 2 N–H and O–H groups in total. The highest BCUT2D eigenvalue weighted by Gasteiger charge is 2.52. The molecular formula is C17H33NO4Si. The standard InChI is InChI=1S/C17H33NO4Si/c1-11(2)17(15(19)20)10-12(3)8-9-14(17)18-16(21)22-13(4)23(5,6)7/h11-14H,8-10H2,1-7H3,(H,18,21)(H,19,20). The van der Waals surface area contributed by atoms with Gasteiger partial charge < -0.3 is 15.2 Å². The van der Waals surface area contributed by atoms with Crippen LogP contribution in [0, 0.1) is 17.3 Å². The van der Waals surface area contributed by atoms with E-state index in [1.165, 1.54) is 0 Å². The molecule has 4 unspecified atom stereocenters. The molecule has 1 amide bonds. The molecule has 4 atom stereocenters. The van der Waals surface area contributed by atoms with Crippen LogP contribution in [0.1, 0.15) is 47.0 Å². The summed E-state index contributed by atoms with van der Waals surface area (Å²) in [6, 6.07) is -0.377. The van der Waals surface area contributed by atoms with Gasteiger partial charge in [-0.15, -0.1) is 0 Å². The van der Waals surface area contributed by atoms with Crippen molar-refractivity contribution < 1.29 is 19.4 Å². The largest absolute Gasteiger partial charge is 0.481 e. The quantitative estimate of drug-likeness (QED) is 0.743. The van der Waals surface area contributed by atoms with Crippen molar-refractivity contribution >= 4 is 20.1 Å². The van der Waals surface area contributed by atoms with E-state index >= 15 is 0 Å². The zero-order valence-corrected chi connectivity index (χ0v) is 16.6. The molecule has 134 valence electrons. The van der Waals surface area contributed by atoms with Crippen molar-refractivity contribution in [3.05, 3.63) is 0 Å². The number of aliphatic carboxylic acids is 1. The molecule has 0 aromatic rings. The maximum Gasteiger partial charge on any atom is 0.407 e. The predicted octanol–water partition coefficient (Wildman–Crippen LogP) is 3.89. The van der Waals surface area contributed by atoms with E-state index in [-0.39, 0.29) is 17.7 Å². The number of alkyl carbamates (subject to hydrolysis) is 1. The molecule has 5 nitrogen and oxygen atoms in total. The van der Waals surface area contributed by atoms with Crippen LogP contribution in [-0.2, 0) is 9.53 Å². The fourth-order valence-electron chi connectivity index (χ4n) is 3.37. The van der Waals surface area contributed by atoms with Crippen LogP contribution in [0.2, 0.25) is 19.6 Å². The number of ether oxygens (including phenoxy) is 1. The van der Waals surface area contributed by atoms with E-state index in [4.69, 9.17) is 4.74 Å². The summed E-state index contributed by atoms with van der Waals surface area (Å²) in [6.45, 7) is 14.3. The molecule has 1 aliphatic carbocycles. The molecule has 1 saturated carbocycles. The average molecular weight is 344 g/mol. The van der Waals surface area contributed by atoms with Gasteiger partial charge in [0.1, 0.15) is 0 Å². The SMILES string of the molecule is CC1CCC(NC(=O)OC(C)[Si](C)(C)C)C(C(=O)O)(C(C)C)C1. The van der Waals surface area contributed by atoms with Gasteiger partial charge in [0.2, 0.25) is 0 Å². The zero-order valence-electron chi connectivity index (χ0n) is 15.6. The zero-order chi connectivity index (χ0) is 18.0. The number of hydrogen-bond acceptors (Lipinski definition) is 3. The lowest BCUT2D eigenvalue weighted by molar-refractivity contribution is -0.158. The van der Waals surface area contributed by atoms with Crippen molar-refractivity contribution in [2.75, 3.05) is 0 Å². The molecule has 0 heterocycles. The first-order valence-corrected chi connectivity index (χ1v) is 12.2. The fourth-order valence-corrected chi connectivity index (χ4v) is 3.83. The highest BCUT2D eigenvalue weighted by molar-refractivity contribution is 6.77. The Bertz CT molecular complexity index is 446. The minimum atomic E-state index is -1.58. The molecule has 1 fully saturated rings.